The van der Waals surface area contributed by atoms with Crippen molar-refractivity contribution >= 4 is 11.4 Å². The molecule has 0 spiro atoms. The van der Waals surface area contributed by atoms with Gasteiger partial charge in [0.05, 0.1) is 17.6 Å². The van der Waals surface area contributed by atoms with Gasteiger partial charge in [-0.05, 0) is 44.1 Å². The van der Waals surface area contributed by atoms with Crippen LogP contribution in [0.5, 0.6) is 0 Å². The molecule has 0 radical (unpaired) electrons. The summed E-state index contributed by atoms with van der Waals surface area (Å²) in [5.41, 5.74) is 5.52. The molecule has 2 aliphatic rings. The monoisotopic (exact) mass is 231 g/mol. The molecular formula is C14H21N3. The van der Waals surface area contributed by atoms with Crippen LogP contribution in [0.4, 0.5) is 11.4 Å². The van der Waals surface area contributed by atoms with Crippen LogP contribution in [0.25, 0.3) is 0 Å². The van der Waals surface area contributed by atoms with E-state index in [1.54, 1.807) is 0 Å². The quantitative estimate of drug-likeness (QED) is 0.848. The maximum atomic E-state index is 4.60. The number of pyridine rings is 1. The summed E-state index contributed by atoms with van der Waals surface area (Å²) in [7, 11) is 2.01. The van der Waals surface area contributed by atoms with E-state index >= 15 is 0 Å². The first-order valence-electron chi connectivity index (χ1n) is 6.83. The minimum atomic E-state index is 1.17. The van der Waals surface area contributed by atoms with Crippen LogP contribution in [0, 0.1) is 0 Å². The topological polar surface area (TPSA) is 28.2 Å². The number of rotatable bonds is 2. The number of hydrogen-bond donors (Lipinski definition) is 1. The van der Waals surface area contributed by atoms with Gasteiger partial charge in [0.1, 0.15) is 0 Å². The van der Waals surface area contributed by atoms with Gasteiger partial charge in [-0.3, -0.25) is 4.98 Å². The third kappa shape index (κ3) is 1.88. The molecule has 1 aliphatic carbocycles. The van der Waals surface area contributed by atoms with Crippen molar-refractivity contribution in [2.45, 2.75) is 38.5 Å². The first kappa shape index (κ1) is 10.9. The Bertz CT molecular complexity index is 408. The van der Waals surface area contributed by atoms with E-state index in [4.69, 9.17) is 0 Å². The number of aryl methyl sites for hydroxylation is 1. The van der Waals surface area contributed by atoms with Gasteiger partial charge in [-0.1, -0.05) is 0 Å². The van der Waals surface area contributed by atoms with Gasteiger partial charge in [0.25, 0.3) is 0 Å². The van der Waals surface area contributed by atoms with E-state index in [-0.39, 0.29) is 0 Å². The predicted octanol–water partition coefficient (Wildman–Crippen LogP) is 2.60. The maximum absolute atomic E-state index is 4.60. The smallest absolute Gasteiger partial charge is 0.0764 e. The molecule has 0 amide bonds. The number of anilines is 2. The molecule has 1 aliphatic heterocycles. The predicted molar refractivity (Wildman–Crippen MR) is 71.9 cm³/mol. The summed E-state index contributed by atoms with van der Waals surface area (Å²) < 4.78 is 0. The second-order valence-electron chi connectivity index (χ2n) is 5.10. The molecule has 17 heavy (non-hydrogen) atoms. The van der Waals surface area contributed by atoms with Gasteiger partial charge in [0.2, 0.25) is 0 Å². The zero-order valence-corrected chi connectivity index (χ0v) is 10.6. The molecule has 0 atom stereocenters. The third-order valence-electron chi connectivity index (χ3n) is 4.02. The Hall–Kier alpha value is -1.25. The molecule has 0 saturated carbocycles. The zero-order chi connectivity index (χ0) is 11.7. The molecule has 1 aromatic heterocycles. The van der Waals surface area contributed by atoms with Gasteiger partial charge >= 0.3 is 0 Å². The molecule has 3 nitrogen and oxygen atoms in total. The van der Waals surface area contributed by atoms with Crippen molar-refractivity contribution in [1.29, 1.82) is 0 Å². The lowest BCUT2D eigenvalue weighted by Gasteiger charge is -2.32. The lowest BCUT2D eigenvalue weighted by Crippen LogP contribution is -2.31. The van der Waals surface area contributed by atoms with Crippen molar-refractivity contribution < 1.29 is 0 Å². The van der Waals surface area contributed by atoms with Crippen molar-refractivity contribution in [3.63, 3.8) is 0 Å². The number of aromatic nitrogens is 1. The average Bonchev–Trinajstić information content (AvgIpc) is 2.86. The number of hydrogen-bond acceptors (Lipinski definition) is 3. The second kappa shape index (κ2) is 4.55. The number of nitrogens with one attached hydrogen (secondary N) is 1. The summed E-state index contributed by atoms with van der Waals surface area (Å²) in [6.07, 6.45) is 9.73. The standard InChI is InChI=1S/C14H21N3/c1-15-13-10-16-12-7-5-6-11(12)14(13)17-8-3-2-4-9-17/h10,15H,2-9H2,1H3. The highest BCUT2D eigenvalue weighted by Crippen LogP contribution is 2.37. The summed E-state index contributed by atoms with van der Waals surface area (Å²) in [4.78, 5) is 7.17. The Balaban J connectivity index is 2.02. The Kier molecular flexibility index (Phi) is 2.91. The summed E-state index contributed by atoms with van der Waals surface area (Å²) in [6, 6.07) is 0. The molecule has 1 fully saturated rings. The van der Waals surface area contributed by atoms with Crippen LogP contribution < -0.4 is 10.2 Å². The summed E-state index contributed by atoms with van der Waals surface area (Å²) in [5, 5.41) is 3.32. The summed E-state index contributed by atoms with van der Waals surface area (Å²) >= 11 is 0. The van der Waals surface area contributed by atoms with Gasteiger partial charge in [-0.2, -0.15) is 0 Å². The van der Waals surface area contributed by atoms with Gasteiger partial charge < -0.3 is 10.2 Å². The van der Waals surface area contributed by atoms with Gasteiger partial charge in [0, 0.05) is 25.8 Å². The van der Waals surface area contributed by atoms with E-state index in [0.717, 1.165) is 0 Å². The molecule has 0 unspecified atom stereocenters. The van der Waals surface area contributed by atoms with Crippen molar-refractivity contribution in [1.82, 2.24) is 4.98 Å². The van der Waals surface area contributed by atoms with Crippen LogP contribution in [0.2, 0.25) is 0 Å². The van der Waals surface area contributed by atoms with Crippen LogP contribution in [0.3, 0.4) is 0 Å². The van der Waals surface area contributed by atoms with Crippen molar-refractivity contribution in [3.8, 4) is 0 Å². The summed E-state index contributed by atoms with van der Waals surface area (Å²) in [5.74, 6) is 0. The first-order valence-corrected chi connectivity index (χ1v) is 6.83. The maximum Gasteiger partial charge on any atom is 0.0764 e. The van der Waals surface area contributed by atoms with E-state index in [2.05, 4.69) is 15.2 Å². The van der Waals surface area contributed by atoms with Crippen molar-refractivity contribution in [3.05, 3.63) is 17.5 Å². The van der Waals surface area contributed by atoms with E-state index in [1.165, 1.54) is 74.2 Å². The Morgan fingerprint density at radius 1 is 1.12 bits per heavy atom. The van der Waals surface area contributed by atoms with Crippen LogP contribution in [-0.4, -0.2) is 25.1 Å². The molecule has 1 saturated heterocycles. The fraction of sp³-hybridized carbons (Fsp3) is 0.643. The lowest BCUT2D eigenvalue weighted by atomic mass is 10.1. The highest BCUT2D eigenvalue weighted by atomic mass is 15.2. The third-order valence-corrected chi connectivity index (χ3v) is 4.02. The van der Waals surface area contributed by atoms with Gasteiger partial charge in [0.15, 0.2) is 0 Å². The molecular weight excluding hydrogens is 210 g/mol. The van der Waals surface area contributed by atoms with Gasteiger partial charge in [-0.15, -0.1) is 0 Å². The lowest BCUT2D eigenvalue weighted by molar-refractivity contribution is 0.576. The van der Waals surface area contributed by atoms with E-state index in [0.29, 0.717) is 0 Å². The molecule has 2 heterocycles. The molecule has 1 N–H and O–H groups in total. The molecule has 92 valence electrons. The fourth-order valence-corrected chi connectivity index (χ4v) is 3.15. The minimum absolute atomic E-state index is 1.17. The van der Waals surface area contributed by atoms with Crippen LogP contribution >= 0.6 is 0 Å². The fourth-order valence-electron chi connectivity index (χ4n) is 3.15. The first-order chi connectivity index (χ1) is 8.40. The van der Waals surface area contributed by atoms with E-state index in [9.17, 15) is 0 Å². The Morgan fingerprint density at radius 3 is 2.71 bits per heavy atom. The van der Waals surface area contributed by atoms with Crippen LogP contribution in [0.15, 0.2) is 6.20 Å². The SMILES string of the molecule is CNc1cnc2c(c1N1CCCCC1)CCC2. The molecule has 3 rings (SSSR count). The second-order valence-corrected chi connectivity index (χ2v) is 5.10. The highest BCUT2D eigenvalue weighted by Gasteiger charge is 2.23. The van der Waals surface area contributed by atoms with Crippen LogP contribution in [0.1, 0.15) is 36.9 Å². The van der Waals surface area contributed by atoms with E-state index < -0.39 is 0 Å². The largest absolute Gasteiger partial charge is 0.385 e. The van der Waals surface area contributed by atoms with Crippen LogP contribution in [-0.2, 0) is 12.8 Å². The Morgan fingerprint density at radius 2 is 1.94 bits per heavy atom. The minimum Gasteiger partial charge on any atom is -0.385 e. The number of piperidine rings is 1. The molecule has 3 heteroatoms. The number of nitrogens with zero attached hydrogens (tertiary/aromatic N) is 2. The van der Waals surface area contributed by atoms with E-state index in [1.807, 2.05) is 13.2 Å². The average molecular weight is 231 g/mol. The van der Waals surface area contributed by atoms with Crippen molar-refractivity contribution in [2.75, 3.05) is 30.4 Å². The van der Waals surface area contributed by atoms with Gasteiger partial charge in [-0.25, -0.2) is 0 Å². The molecule has 0 aromatic carbocycles. The number of fused-ring (bicyclic) bond motifs is 1. The highest BCUT2D eigenvalue weighted by molar-refractivity contribution is 5.74. The normalized spacial score (nSPS) is 19.2. The molecule has 1 aromatic rings. The molecule has 0 bridgehead atoms. The Labute approximate surface area is 103 Å². The zero-order valence-electron chi connectivity index (χ0n) is 10.6. The van der Waals surface area contributed by atoms with Crippen molar-refractivity contribution in [2.24, 2.45) is 0 Å². The summed E-state index contributed by atoms with van der Waals surface area (Å²) in [6.45, 7) is 2.43.